The maximum atomic E-state index is 11.7. The van der Waals surface area contributed by atoms with E-state index in [-0.39, 0.29) is 12.5 Å². The van der Waals surface area contributed by atoms with E-state index in [9.17, 15) is 4.79 Å². The molecule has 2 rings (SSSR count). The van der Waals surface area contributed by atoms with Gasteiger partial charge >= 0.3 is 0 Å². The summed E-state index contributed by atoms with van der Waals surface area (Å²) in [6.07, 6.45) is 1.52. The second-order valence-corrected chi connectivity index (χ2v) is 6.28. The predicted octanol–water partition coefficient (Wildman–Crippen LogP) is 3.82. The fraction of sp³-hybridized carbons (Fsp3) is 0.125. The Kier molecular flexibility index (Phi) is 6.21. The van der Waals surface area contributed by atoms with Crippen LogP contribution in [0.25, 0.3) is 0 Å². The van der Waals surface area contributed by atoms with E-state index in [1.807, 2.05) is 37.3 Å². The number of carbonyl (C=O) groups excluding carboxylic acids is 1. The van der Waals surface area contributed by atoms with Crippen molar-refractivity contribution in [3.8, 4) is 0 Å². The first-order valence-corrected chi connectivity index (χ1v) is 8.08. The molecular weight excluding hydrogens is 413 g/mol. The number of anilines is 1. The van der Waals surface area contributed by atoms with Gasteiger partial charge in [0.05, 0.1) is 12.8 Å². The molecule has 0 unspecified atom stereocenters. The Hall–Kier alpha value is -1.60. The van der Waals surface area contributed by atoms with Crippen LogP contribution < -0.4 is 10.7 Å². The maximum absolute atomic E-state index is 11.7. The SMILES string of the molecule is Cc1cc(I)ccc1NCC(=O)NN=Cc1ccccc1Cl. The Balaban J connectivity index is 1.84. The average molecular weight is 428 g/mol. The molecule has 2 aromatic carbocycles. The van der Waals surface area contributed by atoms with E-state index in [0.717, 1.165) is 20.4 Å². The minimum atomic E-state index is -0.221. The first kappa shape index (κ1) is 16.8. The van der Waals surface area contributed by atoms with Gasteiger partial charge in [0, 0.05) is 19.8 Å². The van der Waals surface area contributed by atoms with Crippen LogP contribution in [0.2, 0.25) is 5.02 Å². The molecule has 0 bridgehead atoms. The van der Waals surface area contributed by atoms with Crippen molar-refractivity contribution in [1.82, 2.24) is 5.43 Å². The second-order valence-electron chi connectivity index (χ2n) is 4.63. The quantitative estimate of drug-likeness (QED) is 0.433. The molecule has 4 nitrogen and oxygen atoms in total. The van der Waals surface area contributed by atoms with E-state index in [1.54, 1.807) is 6.07 Å². The van der Waals surface area contributed by atoms with Crippen LogP contribution in [0.5, 0.6) is 0 Å². The smallest absolute Gasteiger partial charge is 0.259 e. The van der Waals surface area contributed by atoms with Crippen molar-refractivity contribution < 1.29 is 4.79 Å². The summed E-state index contributed by atoms with van der Waals surface area (Å²) in [6.45, 7) is 2.15. The molecule has 0 aliphatic rings. The second kappa shape index (κ2) is 8.14. The number of hydrogen-bond donors (Lipinski definition) is 2. The summed E-state index contributed by atoms with van der Waals surface area (Å²) in [4.78, 5) is 11.7. The Morgan fingerprint density at radius 1 is 1.32 bits per heavy atom. The summed E-state index contributed by atoms with van der Waals surface area (Å²) < 4.78 is 1.16. The normalized spacial score (nSPS) is 10.7. The number of aryl methyl sites for hydroxylation is 1. The third-order valence-electron chi connectivity index (χ3n) is 2.93. The van der Waals surface area contributed by atoms with Crippen LogP contribution in [-0.4, -0.2) is 18.7 Å². The zero-order chi connectivity index (χ0) is 15.9. The zero-order valence-corrected chi connectivity index (χ0v) is 14.9. The topological polar surface area (TPSA) is 53.5 Å². The van der Waals surface area contributed by atoms with Crippen molar-refractivity contribution in [1.29, 1.82) is 0 Å². The van der Waals surface area contributed by atoms with Gasteiger partial charge in [-0.2, -0.15) is 5.10 Å². The molecule has 0 atom stereocenters. The van der Waals surface area contributed by atoms with Crippen molar-refractivity contribution in [2.75, 3.05) is 11.9 Å². The third kappa shape index (κ3) is 4.99. The molecule has 0 spiro atoms. The number of nitrogens with one attached hydrogen (secondary N) is 2. The number of hydrazone groups is 1. The molecule has 22 heavy (non-hydrogen) atoms. The summed E-state index contributed by atoms with van der Waals surface area (Å²) in [5.74, 6) is -0.221. The number of amides is 1. The van der Waals surface area contributed by atoms with Crippen molar-refractivity contribution in [3.05, 3.63) is 62.2 Å². The van der Waals surface area contributed by atoms with Gasteiger partial charge < -0.3 is 5.32 Å². The van der Waals surface area contributed by atoms with E-state index in [0.29, 0.717) is 5.02 Å². The lowest BCUT2D eigenvalue weighted by Gasteiger charge is -2.08. The third-order valence-corrected chi connectivity index (χ3v) is 3.94. The van der Waals surface area contributed by atoms with Crippen LogP contribution in [0.4, 0.5) is 5.69 Å². The molecule has 0 aliphatic carbocycles. The summed E-state index contributed by atoms with van der Waals surface area (Å²) in [7, 11) is 0. The number of benzene rings is 2. The lowest BCUT2D eigenvalue weighted by atomic mass is 10.2. The molecule has 6 heteroatoms. The van der Waals surface area contributed by atoms with E-state index < -0.39 is 0 Å². The molecule has 0 radical (unpaired) electrons. The molecule has 0 saturated heterocycles. The summed E-state index contributed by atoms with van der Waals surface area (Å²) in [5, 5.41) is 7.58. The highest BCUT2D eigenvalue weighted by atomic mass is 127. The van der Waals surface area contributed by atoms with Crippen molar-refractivity contribution in [2.45, 2.75) is 6.92 Å². The Morgan fingerprint density at radius 3 is 2.82 bits per heavy atom. The van der Waals surface area contributed by atoms with E-state index in [4.69, 9.17) is 11.6 Å². The minimum Gasteiger partial charge on any atom is -0.376 e. The number of hydrogen-bond acceptors (Lipinski definition) is 3. The van der Waals surface area contributed by atoms with Gasteiger partial charge in [-0.3, -0.25) is 4.79 Å². The fourth-order valence-corrected chi connectivity index (χ4v) is 2.63. The first-order valence-electron chi connectivity index (χ1n) is 6.63. The van der Waals surface area contributed by atoms with Crippen LogP contribution in [0.1, 0.15) is 11.1 Å². The molecule has 2 aromatic rings. The molecule has 114 valence electrons. The molecule has 0 aliphatic heterocycles. The van der Waals surface area contributed by atoms with Gasteiger partial charge in [-0.1, -0.05) is 29.8 Å². The van der Waals surface area contributed by atoms with Crippen LogP contribution in [-0.2, 0) is 4.79 Å². The number of nitrogens with zero attached hydrogens (tertiary/aromatic N) is 1. The van der Waals surface area contributed by atoms with Crippen molar-refractivity contribution in [3.63, 3.8) is 0 Å². The molecule has 0 aromatic heterocycles. The monoisotopic (exact) mass is 427 g/mol. The summed E-state index contributed by atoms with van der Waals surface area (Å²) >= 11 is 8.25. The largest absolute Gasteiger partial charge is 0.376 e. The van der Waals surface area contributed by atoms with Crippen LogP contribution in [0.15, 0.2) is 47.6 Å². The number of carbonyl (C=O) groups is 1. The minimum absolute atomic E-state index is 0.154. The maximum Gasteiger partial charge on any atom is 0.259 e. The summed E-state index contributed by atoms with van der Waals surface area (Å²) in [6, 6.07) is 13.3. The van der Waals surface area contributed by atoms with Crippen LogP contribution >= 0.6 is 34.2 Å². The number of rotatable bonds is 5. The van der Waals surface area contributed by atoms with Crippen LogP contribution in [0, 0.1) is 10.5 Å². The van der Waals surface area contributed by atoms with E-state index >= 15 is 0 Å². The van der Waals surface area contributed by atoms with Crippen molar-refractivity contribution >= 4 is 52.0 Å². The van der Waals surface area contributed by atoms with Gasteiger partial charge in [0.1, 0.15) is 0 Å². The average Bonchev–Trinajstić information content (AvgIpc) is 2.48. The van der Waals surface area contributed by atoms with Crippen molar-refractivity contribution in [2.24, 2.45) is 5.10 Å². The Morgan fingerprint density at radius 2 is 2.09 bits per heavy atom. The van der Waals surface area contributed by atoms with Gasteiger partial charge in [0.15, 0.2) is 0 Å². The van der Waals surface area contributed by atoms with Gasteiger partial charge in [-0.05, 0) is 59.3 Å². The molecule has 2 N–H and O–H groups in total. The highest BCUT2D eigenvalue weighted by molar-refractivity contribution is 14.1. The Labute approximate surface area is 148 Å². The van der Waals surface area contributed by atoms with Crippen LogP contribution in [0.3, 0.4) is 0 Å². The van der Waals surface area contributed by atoms with Gasteiger partial charge in [0.2, 0.25) is 0 Å². The number of halogens is 2. The molecule has 0 fully saturated rings. The predicted molar refractivity (Wildman–Crippen MR) is 99.6 cm³/mol. The summed E-state index contributed by atoms with van der Waals surface area (Å²) in [5.41, 5.74) is 5.26. The first-order chi connectivity index (χ1) is 10.6. The van der Waals surface area contributed by atoms with E-state index in [1.165, 1.54) is 6.21 Å². The molecule has 0 saturated carbocycles. The van der Waals surface area contributed by atoms with Gasteiger partial charge in [0.25, 0.3) is 5.91 Å². The fourth-order valence-electron chi connectivity index (χ4n) is 1.79. The Bertz CT molecular complexity index is 704. The molecule has 1 amide bonds. The molecular formula is C16H15ClIN3O. The van der Waals surface area contributed by atoms with Gasteiger partial charge in [-0.15, -0.1) is 0 Å². The highest BCUT2D eigenvalue weighted by Gasteiger charge is 2.02. The van der Waals surface area contributed by atoms with Gasteiger partial charge in [-0.25, -0.2) is 5.43 Å². The molecule has 0 heterocycles. The lowest BCUT2D eigenvalue weighted by Crippen LogP contribution is -2.26. The van der Waals surface area contributed by atoms with E-state index in [2.05, 4.69) is 44.5 Å². The highest BCUT2D eigenvalue weighted by Crippen LogP contribution is 2.17. The standard InChI is InChI=1S/C16H15ClIN3O/c1-11-8-13(18)6-7-15(11)19-10-16(22)21-20-9-12-4-2-3-5-14(12)17/h2-9,19H,10H2,1H3,(H,21,22). The lowest BCUT2D eigenvalue weighted by molar-refractivity contribution is -0.119. The zero-order valence-electron chi connectivity index (χ0n) is 11.9.